The van der Waals surface area contributed by atoms with E-state index in [2.05, 4.69) is 10.7 Å². The van der Waals surface area contributed by atoms with Gasteiger partial charge in [0, 0.05) is 29.7 Å². The number of halogens is 2. The van der Waals surface area contributed by atoms with Gasteiger partial charge in [-0.2, -0.15) is 0 Å². The highest BCUT2D eigenvalue weighted by molar-refractivity contribution is 6.07. The van der Waals surface area contributed by atoms with Crippen LogP contribution in [0, 0.1) is 6.92 Å². The Balaban J connectivity index is 1.28. The molecule has 2 aliphatic carbocycles. The molecule has 1 aliphatic heterocycles. The first kappa shape index (κ1) is 25.2. The number of anilines is 1. The smallest absolute Gasteiger partial charge is 0.272 e. The number of rotatable bonds is 4. The summed E-state index contributed by atoms with van der Waals surface area (Å²) in [6.07, 6.45) is 1.27. The van der Waals surface area contributed by atoms with Crippen molar-refractivity contribution < 1.29 is 23.2 Å². The van der Waals surface area contributed by atoms with Gasteiger partial charge in [0.05, 0.1) is 11.5 Å². The van der Waals surface area contributed by atoms with Crippen molar-refractivity contribution in [1.29, 1.82) is 0 Å². The molecule has 8 heteroatoms. The first-order valence-electron chi connectivity index (χ1n) is 13.3. The normalized spacial score (nSPS) is 18.8. The number of hydrogen-bond donors (Lipinski definition) is 2. The molecule has 1 spiro atoms. The van der Waals surface area contributed by atoms with Gasteiger partial charge in [0.2, 0.25) is 11.8 Å². The highest BCUT2D eigenvalue weighted by Gasteiger charge is 2.52. The van der Waals surface area contributed by atoms with Crippen LogP contribution in [0.1, 0.15) is 70.4 Å². The van der Waals surface area contributed by atoms with Crippen LogP contribution < -0.4 is 10.7 Å². The van der Waals surface area contributed by atoms with E-state index in [9.17, 15) is 23.2 Å². The lowest BCUT2D eigenvalue weighted by molar-refractivity contribution is -0.125. The lowest BCUT2D eigenvalue weighted by Crippen LogP contribution is -2.47. The van der Waals surface area contributed by atoms with Gasteiger partial charge in [-0.25, -0.2) is 13.8 Å². The van der Waals surface area contributed by atoms with Crippen molar-refractivity contribution in [3.8, 4) is 11.1 Å². The molecule has 6 nitrogen and oxygen atoms in total. The third-order valence-corrected chi connectivity index (χ3v) is 8.24. The first-order chi connectivity index (χ1) is 18.7. The number of hydrazine groups is 1. The van der Waals surface area contributed by atoms with Crippen molar-refractivity contribution in [3.05, 3.63) is 89.0 Å². The van der Waals surface area contributed by atoms with Gasteiger partial charge in [-0.15, -0.1) is 0 Å². The molecule has 3 aromatic rings. The number of alkyl halides is 2. The molecule has 0 atom stereocenters. The number of benzene rings is 3. The summed E-state index contributed by atoms with van der Waals surface area (Å²) in [5.41, 5.74) is 6.75. The standard InChI is InChI=1S/C31H29F2N3O3/c1-19-7-8-22(28(38)36(23-10-11-23)35-27(37)20-5-3-2-4-6-20)17-24(19)21-9-12-25-26(18-21)34-29(39)30(25)13-15-31(32,33)16-14-30/h2-9,12,17-18,23H,10-11,13-16H2,1H3,(H,34,39)(H,35,37). The fourth-order valence-electron chi connectivity index (χ4n) is 5.74. The van der Waals surface area contributed by atoms with Gasteiger partial charge in [-0.1, -0.05) is 36.4 Å². The molecule has 0 radical (unpaired) electrons. The number of nitrogens with one attached hydrogen (secondary N) is 2. The van der Waals surface area contributed by atoms with E-state index in [4.69, 9.17) is 0 Å². The maximum atomic E-state index is 13.9. The molecule has 2 saturated carbocycles. The molecular formula is C31H29F2N3O3. The average Bonchev–Trinajstić information content (AvgIpc) is 3.74. The largest absolute Gasteiger partial charge is 0.325 e. The van der Waals surface area contributed by atoms with Crippen LogP contribution in [0.15, 0.2) is 66.7 Å². The maximum absolute atomic E-state index is 13.9. The average molecular weight is 530 g/mol. The molecule has 0 aromatic heterocycles. The van der Waals surface area contributed by atoms with Crippen LogP contribution in [0.25, 0.3) is 11.1 Å². The first-order valence-corrected chi connectivity index (χ1v) is 13.3. The molecule has 3 aliphatic rings. The van der Waals surface area contributed by atoms with Gasteiger partial charge in [-0.3, -0.25) is 19.8 Å². The van der Waals surface area contributed by atoms with Crippen molar-refractivity contribution in [2.24, 2.45) is 0 Å². The second kappa shape index (κ2) is 9.29. The molecular weight excluding hydrogens is 500 g/mol. The summed E-state index contributed by atoms with van der Waals surface area (Å²) in [6.45, 7) is 1.94. The molecule has 2 N–H and O–H groups in total. The molecule has 1 heterocycles. The van der Waals surface area contributed by atoms with E-state index in [1.54, 1.807) is 36.4 Å². The zero-order valence-electron chi connectivity index (χ0n) is 21.6. The van der Waals surface area contributed by atoms with E-state index in [1.165, 1.54) is 5.01 Å². The van der Waals surface area contributed by atoms with Crippen molar-refractivity contribution in [2.45, 2.75) is 62.8 Å². The molecule has 3 aromatic carbocycles. The summed E-state index contributed by atoms with van der Waals surface area (Å²) in [5, 5.41) is 4.35. The molecule has 39 heavy (non-hydrogen) atoms. The molecule has 0 saturated heterocycles. The molecule has 2 fully saturated rings. The van der Waals surface area contributed by atoms with Crippen LogP contribution in [-0.4, -0.2) is 34.7 Å². The molecule has 200 valence electrons. The Labute approximate surface area is 225 Å². The van der Waals surface area contributed by atoms with Crippen molar-refractivity contribution in [1.82, 2.24) is 10.4 Å². The number of carbonyl (C=O) groups excluding carboxylic acids is 3. The number of hydrogen-bond acceptors (Lipinski definition) is 3. The van der Waals surface area contributed by atoms with Gasteiger partial charge in [0.25, 0.3) is 11.8 Å². The number of amides is 3. The summed E-state index contributed by atoms with van der Waals surface area (Å²) in [5.74, 6) is -3.58. The van der Waals surface area contributed by atoms with E-state index in [1.807, 2.05) is 37.3 Å². The molecule has 0 unspecified atom stereocenters. The van der Waals surface area contributed by atoms with Gasteiger partial charge in [0.1, 0.15) is 0 Å². The highest BCUT2D eigenvalue weighted by Crippen LogP contribution is 2.51. The Morgan fingerprint density at radius 2 is 1.64 bits per heavy atom. The Morgan fingerprint density at radius 3 is 2.33 bits per heavy atom. The summed E-state index contributed by atoms with van der Waals surface area (Å²) in [4.78, 5) is 39.3. The third kappa shape index (κ3) is 4.58. The third-order valence-electron chi connectivity index (χ3n) is 8.24. The summed E-state index contributed by atoms with van der Waals surface area (Å²) in [7, 11) is 0. The lowest BCUT2D eigenvalue weighted by atomic mass is 9.69. The van der Waals surface area contributed by atoms with E-state index < -0.39 is 11.3 Å². The molecule has 0 bridgehead atoms. The summed E-state index contributed by atoms with van der Waals surface area (Å²) >= 11 is 0. The fraction of sp³-hybridized carbons (Fsp3) is 0.323. The van der Waals surface area contributed by atoms with Gasteiger partial charge >= 0.3 is 0 Å². The van der Waals surface area contributed by atoms with Crippen LogP contribution in [0.5, 0.6) is 0 Å². The molecule has 3 amide bonds. The quantitative estimate of drug-likeness (QED) is 0.406. The lowest BCUT2D eigenvalue weighted by Gasteiger charge is -2.35. The number of aryl methyl sites for hydroxylation is 1. The van der Waals surface area contributed by atoms with E-state index in [0.29, 0.717) is 16.8 Å². The van der Waals surface area contributed by atoms with E-state index >= 15 is 0 Å². The highest BCUT2D eigenvalue weighted by atomic mass is 19.3. The summed E-state index contributed by atoms with van der Waals surface area (Å²) < 4.78 is 27.7. The minimum Gasteiger partial charge on any atom is -0.325 e. The Morgan fingerprint density at radius 1 is 0.923 bits per heavy atom. The van der Waals surface area contributed by atoms with Crippen molar-refractivity contribution in [2.75, 3.05) is 5.32 Å². The minimum atomic E-state index is -2.73. The maximum Gasteiger partial charge on any atom is 0.272 e. The Hall–Kier alpha value is -4.07. The van der Waals surface area contributed by atoms with Gasteiger partial charge in [-0.05, 0) is 85.2 Å². The zero-order chi connectivity index (χ0) is 27.4. The number of nitrogens with zero attached hydrogens (tertiary/aromatic N) is 1. The van der Waals surface area contributed by atoms with Crippen LogP contribution in [0.4, 0.5) is 14.5 Å². The van der Waals surface area contributed by atoms with Gasteiger partial charge < -0.3 is 5.32 Å². The van der Waals surface area contributed by atoms with Crippen molar-refractivity contribution >= 4 is 23.4 Å². The van der Waals surface area contributed by atoms with Crippen LogP contribution in [-0.2, 0) is 10.2 Å². The fourth-order valence-corrected chi connectivity index (χ4v) is 5.74. The zero-order valence-corrected chi connectivity index (χ0v) is 21.6. The van der Waals surface area contributed by atoms with Crippen LogP contribution in [0.2, 0.25) is 0 Å². The van der Waals surface area contributed by atoms with Crippen LogP contribution in [0.3, 0.4) is 0 Å². The second-order valence-corrected chi connectivity index (χ2v) is 10.9. The topological polar surface area (TPSA) is 78.5 Å². The predicted octanol–water partition coefficient (Wildman–Crippen LogP) is 6.01. The van der Waals surface area contributed by atoms with E-state index in [0.717, 1.165) is 35.1 Å². The monoisotopic (exact) mass is 529 g/mol. The second-order valence-electron chi connectivity index (χ2n) is 10.9. The SMILES string of the molecule is Cc1ccc(C(=O)N(NC(=O)c2ccccc2)C2CC2)cc1-c1ccc2c(c1)NC(=O)C21CCC(F)(F)CC1. The van der Waals surface area contributed by atoms with Gasteiger partial charge in [0.15, 0.2) is 0 Å². The van der Waals surface area contributed by atoms with Crippen LogP contribution >= 0.6 is 0 Å². The minimum absolute atomic E-state index is 0.0517. The summed E-state index contributed by atoms with van der Waals surface area (Å²) in [6, 6.07) is 19.7. The Bertz CT molecular complexity index is 1470. The van der Waals surface area contributed by atoms with Crippen molar-refractivity contribution in [3.63, 3.8) is 0 Å². The number of carbonyl (C=O) groups is 3. The van der Waals surface area contributed by atoms with E-state index in [-0.39, 0.29) is 49.4 Å². The molecule has 6 rings (SSSR count). The predicted molar refractivity (Wildman–Crippen MR) is 143 cm³/mol. The Kier molecular flexibility index (Phi) is 6.01. The number of fused-ring (bicyclic) bond motifs is 2.